The third-order valence-electron chi connectivity index (χ3n) is 3.22. The maximum Gasteiger partial charge on any atom is 0.115 e. The summed E-state index contributed by atoms with van der Waals surface area (Å²) in [5.74, 6) is 0.875. The van der Waals surface area contributed by atoms with Crippen LogP contribution >= 0.6 is 0 Å². The molecule has 2 N–H and O–H groups in total. The number of benzene rings is 1. The van der Waals surface area contributed by atoms with E-state index in [0.29, 0.717) is 11.7 Å². The molecule has 0 aromatic heterocycles. The highest BCUT2D eigenvalue weighted by atomic mass is 16.3. The maximum atomic E-state index is 9.21. The monoisotopic (exact) mass is 236 g/mol. The Labute approximate surface area is 104 Å². The van der Waals surface area contributed by atoms with Crippen LogP contribution in [-0.4, -0.2) is 16.3 Å². The number of phenolic OH excluding ortho intramolecular Hbond substituents is 1. The van der Waals surface area contributed by atoms with Crippen molar-refractivity contribution in [1.29, 1.82) is 0 Å². The molecular weight excluding hydrogens is 212 g/mol. The number of aromatic hydroxyl groups is 1. The van der Waals surface area contributed by atoms with E-state index in [2.05, 4.69) is 6.92 Å². The standard InChI is InChI=1S/C15H24O2/c1-12(6-4-3-5-7-13(2)16)14-8-10-15(17)11-9-14/h8-13,16-17H,3-7H2,1-2H3. The van der Waals surface area contributed by atoms with E-state index in [1.165, 1.54) is 24.8 Å². The molecule has 0 aliphatic carbocycles. The molecule has 2 unspecified atom stereocenters. The van der Waals surface area contributed by atoms with Crippen molar-refractivity contribution in [3.05, 3.63) is 29.8 Å². The first kappa shape index (κ1) is 14.0. The zero-order valence-electron chi connectivity index (χ0n) is 10.9. The predicted octanol–water partition coefficient (Wildman–Crippen LogP) is 3.83. The van der Waals surface area contributed by atoms with E-state index in [0.717, 1.165) is 12.8 Å². The molecule has 0 heterocycles. The summed E-state index contributed by atoms with van der Waals surface area (Å²) in [7, 11) is 0. The quantitative estimate of drug-likeness (QED) is 0.706. The summed E-state index contributed by atoms with van der Waals surface area (Å²) in [6, 6.07) is 7.49. The SMILES string of the molecule is CC(O)CCCCCC(C)c1ccc(O)cc1. The first-order valence-electron chi connectivity index (χ1n) is 6.56. The molecule has 0 amide bonds. The smallest absolute Gasteiger partial charge is 0.115 e. The van der Waals surface area contributed by atoms with Gasteiger partial charge in [0.05, 0.1) is 6.10 Å². The number of aliphatic hydroxyl groups is 1. The Kier molecular flexibility index (Phi) is 6.06. The number of phenols is 1. The summed E-state index contributed by atoms with van der Waals surface area (Å²) in [5.41, 5.74) is 1.29. The first-order valence-corrected chi connectivity index (χ1v) is 6.56. The van der Waals surface area contributed by atoms with E-state index in [-0.39, 0.29) is 6.10 Å². The molecule has 2 nitrogen and oxygen atoms in total. The van der Waals surface area contributed by atoms with E-state index in [1.807, 2.05) is 19.1 Å². The van der Waals surface area contributed by atoms with Gasteiger partial charge in [0.15, 0.2) is 0 Å². The van der Waals surface area contributed by atoms with Crippen LogP contribution in [-0.2, 0) is 0 Å². The third-order valence-corrected chi connectivity index (χ3v) is 3.22. The van der Waals surface area contributed by atoms with Gasteiger partial charge in [-0.25, -0.2) is 0 Å². The van der Waals surface area contributed by atoms with E-state index in [4.69, 9.17) is 5.11 Å². The van der Waals surface area contributed by atoms with Crippen molar-refractivity contribution in [2.75, 3.05) is 0 Å². The second-order valence-electron chi connectivity index (χ2n) is 4.98. The van der Waals surface area contributed by atoms with Gasteiger partial charge in [-0.15, -0.1) is 0 Å². The Balaban J connectivity index is 2.21. The van der Waals surface area contributed by atoms with Crippen molar-refractivity contribution in [2.24, 2.45) is 0 Å². The summed E-state index contributed by atoms with van der Waals surface area (Å²) in [4.78, 5) is 0. The van der Waals surface area contributed by atoms with Gasteiger partial charge in [-0.05, 0) is 43.4 Å². The van der Waals surface area contributed by atoms with Crippen molar-refractivity contribution in [1.82, 2.24) is 0 Å². The lowest BCUT2D eigenvalue weighted by Crippen LogP contribution is -1.99. The van der Waals surface area contributed by atoms with Gasteiger partial charge in [-0.3, -0.25) is 0 Å². The molecular formula is C15H24O2. The Bertz CT molecular complexity index is 303. The highest BCUT2D eigenvalue weighted by Crippen LogP contribution is 2.23. The molecule has 96 valence electrons. The average Bonchev–Trinajstić information content (AvgIpc) is 2.29. The van der Waals surface area contributed by atoms with Crippen LogP contribution in [0.4, 0.5) is 0 Å². The van der Waals surface area contributed by atoms with Gasteiger partial charge in [0, 0.05) is 0 Å². The number of hydrogen-bond donors (Lipinski definition) is 2. The molecule has 0 saturated carbocycles. The molecule has 1 aromatic rings. The van der Waals surface area contributed by atoms with E-state index in [1.54, 1.807) is 12.1 Å². The molecule has 0 saturated heterocycles. The fourth-order valence-electron chi connectivity index (χ4n) is 2.04. The molecule has 0 aliphatic heterocycles. The van der Waals surface area contributed by atoms with Crippen molar-refractivity contribution >= 4 is 0 Å². The normalized spacial score (nSPS) is 14.5. The van der Waals surface area contributed by atoms with Crippen molar-refractivity contribution in [3.63, 3.8) is 0 Å². The Morgan fingerprint density at radius 2 is 1.53 bits per heavy atom. The topological polar surface area (TPSA) is 40.5 Å². The van der Waals surface area contributed by atoms with E-state index >= 15 is 0 Å². The van der Waals surface area contributed by atoms with Crippen LogP contribution in [0.3, 0.4) is 0 Å². The molecule has 1 rings (SSSR count). The minimum absolute atomic E-state index is 0.162. The van der Waals surface area contributed by atoms with Crippen LogP contribution < -0.4 is 0 Å². The predicted molar refractivity (Wildman–Crippen MR) is 71.3 cm³/mol. The number of hydrogen-bond acceptors (Lipinski definition) is 2. The minimum atomic E-state index is -0.162. The summed E-state index contributed by atoms with van der Waals surface area (Å²) >= 11 is 0. The van der Waals surface area contributed by atoms with Crippen LogP contribution in [0.15, 0.2) is 24.3 Å². The molecule has 0 radical (unpaired) electrons. The molecule has 2 heteroatoms. The lowest BCUT2D eigenvalue weighted by molar-refractivity contribution is 0.180. The maximum absolute atomic E-state index is 9.21. The van der Waals surface area contributed by atoms with Gasteiger partial charge in [0.25, 0.3) is 0 Å². The van der Waals surface area contributed by atoms with Crippen LogP contribution in [0.25, 0.3) is 0 Å². The third kappa shape index (κ3) is 5.73. The molecule has 2 atom stereocenters. The van der Waals surface area contributed by atoms with Gasteiger partial charge in [0.1, 0.15) is 5.75 Å². The number of unbranched alkanes of at least 4 members (excludes halogenated alkanes) is 2. The number of aliphatic hydroxyl groups excluding tert-OH is 1. The molecule has 0 fully saturated rings. The molecule has 1 aromatic carbocycles. The van der Waals surface area contributed by atoms with Gasteiger partial charge in [-0.1, -0.05) is 38.3 Å². The Hall–Kier alpha value is -1.02. The van der Waals surface area contributed by atoms with Crippen LogP contribution in [0.5, 0.6) is 5.75 Å². The van der Waals surface area contributed by atoms with Gasteiger partial charge in [-0.2, -0.15) is 0 Å². The average molecular weight is 236 g/mol. The summed E-state index contributed by atoms with van der Waals surface area (Å²) in [6.07, 6.45) is 5.42. The van der Waals surface area contributed by atoms with Crippen LogP contribution in [0.2, 0.25) is 0 Å². The van der Waals surface area contributed by atoms with Gasteiger partial charge >= 0.3 is 0 Å². The largest absolute Gasteiger partial charge is 0.508 e. The minimum Gasteiger partial charge on any atom is -0.508 e. The van der Waals surface area contributed by atoms with Crippen molar-refractivity contribution < 1.29 is 10.2 Å². The van der Waals surface area contributed by atoms with Crippen LogP contribution in [0, 0.1) is 0 Å². The lowest BCUT2D eigenvalue weighted by Gasteiger charge is -2.12. The second-order valence-corrected chi connectivity index (χ2v) is 4.98. The highest BCUT2D eigenvalue weighted by Gasteiger charge is 2.05. The second kappa shape index (κ2) is 7.33. The van der Waals surface area contributed by atoms with Crippen molar-refractivity contribution in [3.8, 4) is 5.75 Å². The lowest BCUT2D eigenvalue weighted by atomic mass is 9.94. The number of rotatable bonds is 7. The molecule has 0 bridgehead atoms. The summed E-state index contributed by atoms with van der Waals surface area (Å²) in [5, 5.41) is 18.4. The zero-order chi connectivity index (χ0) is 12.7. The zero-order valence-corrected chi connectivity index (χ0v) is 10.9. The molecule has 0 spiro atoms. The Morgan fingerprint density at radius 1 is 0.941 bits per heavy atom. The van der Waals surface area contributed by atoms with Gasteiger partial charge < -0.3 is 10.2 Å². The summed E-state index contributed by atoms with van der Waals surface area (Å²) < 4.78 is 0. The molecule has 0 aliphatic rings. The van der Waals surface area contributed by atoms with Crippen molar-refractivity contribution in [2.45, 2.75) is 58.0 Å². The molecule has 17 heavy (non-hydrogen) atoms. The fraction of sp³-hybridized carbons (Fsp3) is 0.600. The first-order chi connectivity index (χ1) is 8.09. The highest BCUT2D eigenvalue weighted by molar-refractivity contribution is 5.27. The Morgan fingerprint density at radius 3 is 2.12 bits per heavy atom. The summed E-state index contributed by atoms with van der Waals surface area (Å²) in [6.45, 7) is 4.07. The fourth-order valence-corrected chi connectivity index (χ4v) is 2.04. The van der Waals surface area contributed by atoms with Gasteiger partial charge in [0.2, 0.25) is 0 Å². The van der Waals surface area contributed by atoms with E-state index in [9.17, 15) is 5.11 Å². The van der Waals surface area contributed by atoms with Crippen LogP contribution in [0.1, 0.15) is 57.4 Å². The van der Waals surface area contributed by atoms with E-state index < -0.39 is 0 Å².